The first-order chi connectivity index (χ1) is 9.81. The Morgan fingerprint density at radius 3 is 2.76 bits per heavy atom. The number of β-amino-alcohol motifs (C(OH)–C–C–N with tert-alkyl or cyclic N) is 1. The fourth-order valence-corrected chi connectivity index (χ4v) is 3.12. The van der Waals surface area contributed by atoms with E-state index in [9.17, 15) is 9.90 Å². The van der Waals surface area contributed by atoms with Crippen molar-refractivity contribution in [2.45, 2.75) is 38.7 Å². The molecule has 6 nitrogen and oxygen atoms in total. The number of carbonyl (C=O) groups is 1. The van der Waals surface area contributed by atoms with Crippen molar-refractivity contribution in [3.63, 3.8) is 0 Å². The molecule has 118 valence electrons. The average molecular weight is 294 g/mol. The van der Waals surface area contributed by atoms with Crippen molar-refractivity contribution in [1.29, 1.82) is 0 Å². The van der Waals surface area contributed by atoms with E-state index in [1.165, 1.54) is 0 Å². The van der Waals surface area contributed by atoms with Crippen LogP contribution in [-0.4, -0.2) is 70.3 Å². The van der Waals surface area contributed by atoms with Crippen LogP contribution in [0, 0.1) is 13.8 Å². The second-order valence-electron chi connectivity index (χ2n) is 6.44. The molecule has 0 radical (unpaired) electrons. The molecule has 1 aliphatic rings. The summed E-state index contributed by atoms with van der Waals surface area (Å²) in [6.45, 7) is 5.61. The normalized spacial score (nSPS) is 22.3. The molecule has 1 saturated heterocycles. The highest BCUT2D eigenvalue weighted by Crippen LogP contribution is 2.23. The van der Waals surface area contributed by atoms with E-state index in [0.717, 1.165) is 17.0 Å². The summed E-state index contributed by atoms with van der Waals surface area (Å²) in [6.07, 6.45) is 1.83. The molecule has 0 saturated carbocycles. The predicted octanol–water partition coefficient (Wildman–Crippen LogP) is 0.484. The number of aliphatic hydroxyl groups is 1. The Bertz CT molecular complexity index is 492. The molecule has 1 aromatic heterocycles. The number of nitrogens with zero attached hydrogens (tertiary/aromatic N) is 3. The van der Waals surface area contributed by atoms with Crippen LogP contribution in [0.25, 0.3) is 0 Å². The molecule has 1 amide bonds. The van der Waals surface area contributed by atoms with Crippen LogP contribution in [0.1, 0.15) is 29.8 Å². The van der Waals surface area contributed by atoms with Crippen LogP contribution in [0.3, 0.4) is 0 Å². The van der Waals surface area contributed by atoms with Crippen LogP contribution in [-0.2, 0) is 11.2 Å². The molecule has 2 rings (SSSR count). The van der Waals surface area contributed by atoms with Gasteiger partial charge in [0, 0.05) is 25.2 Å². The SMILES string of the molecule is Cc1n[nH]c(C)c1CCC(=O)N1CCC(O)(CN(C)C)C1. The number of rotatable bonds is 5. The van der Waals surface area contributed by atoms with E-state index in [2.05, 4.69) is 10.2 Å². The van der Waals surface area contributed by atoms with Gasteiger partial charge in [0.15, 0.2) is 0 Å². The smallest absolute Gasteiger partial charge is 0.223 e. The first-order valence-corrected chi connectivity index (χ1v) is 7.46. The lowest BCUT2D eigenvalue weighted by molar-refractivity contribution is -0.131. The van der Waals surface area contributed by atoms with Gasteiger partial charge in [0.2, 0.25) is 5.91 Å². The van der Waals surface area contributed by atoms with Crippen molar-refractivity contribution in [3.05, 3.63) is 17.0 Å². The number of aryl methyl sites for hydroxylation is 2. The molecule has 0 bridgehead atoms. The summed E-state index contributed by atoms with van der Waals surface area (Å²) >= 11 is 0. The van der Waals surface area contributed by atoms with E-state index in [4.69, 9.17) is 0 Å². The lowest BCUT2D eigenvalue weighted by atomic mass is 10.0. The molecule has 1 aromatic rings. The van der Waals surface area contributed by atoms with Gasteiger partial charge in [-0.2, -0.15) is 5.10 Å². The molecular weight excluding hydrogens is 268 g/mol. The Balaban J connectivity index is 1.88. The van der Waals surface area contributed by atoms with Crippen molar-refractivity contribution in [2.24, 2.45) is 0 Å². The average Bonchev–Trinajstić information content (AvgIpc) is 2.91. The summed E-state index contributed by atoms with van der Waals surface area (Å²) in [7, 11) is 3.87. The third-order valence-corrected chi connectivity index (χ3v) is 4.17. The molecule has 1 unspecified atom stereocenters. The van der Waals surface area contributed by atoms with Crippen molar-refractivity contribution in [1.82, 2.24) is 20.0 Å². The Kier molecular flexibility index (Phi) is 4.68. The van der Waals surface area contributed by atoms with Crippen LogP contribution in [0.15, 0.2) is 0 Å². The fraction of sp³-hybridized carbons (Fsp3) is 0.733. The first kappa shape index (κ1) is 16.0. The Labute approximate surface area is 126 Å². The monoisotopic (exact) mass is 294 g/mol. The van der Waals surface area contributed by atoms with Crippen LogP contribution >= 0.6 is 0 Å². The Morgan fingerprint density at radius 1 is 1.48 bits per heavy atom. The number of hydrogen-bond donors (Lipinski definition) is 2. The van der Waals surface area contributed by atoms with E-state index in [0.29, 0.717) is 38.9 Å². The van der Waals surface area contributed by atoms with Gasteiger partial charge in [0.1, 0.15) is 0 Å². The fourth-order valence-electron chi connectivity index (χ4n) is 3.12. The molecule has 0 aromatic carbocycles. The van der Waals surface area contributed by atoms with Crippen molar-refractivity contribution < 1.29 is 9.90 Å². The van der Waals surface area contributed by atoms with E-state index < -0.39 is 5.60 Å². The van der Waals surface area contributed by atoms with Crippen LogP contribution in [0.5, 0.6) is 0 Å². The van der Waals surface area contributed by atoms with Gasteiger partial charge < -0.3 is 14.9 Å². The standard InChI is InChI=1S/C15H26N4O2/c1-11-13(12(2)17-16-11)5-6-14(20)19-8-7-15(21,10-19)9-18(3)4/h21H,5-10H2,1-4H3,(H,16,17). The molecule has 2 N–H and O–H groups in total. The zero-order chi connectivity index (χ0) is 15.6. The maximum Gasteiger partial charge on any atom is 0.223 e. The third-order valence-electron chi connectivity index (χ3n) is 4.17. The number of H-pyrrole nitrogens is 1. The molecule has 0 aliphatic carbocycles. The van der Waals surface area contributed by atoms with Crippen molar-refractivity contribution >= 4 is 5.91 Å². The van der Waals surface area contributed by atoms with E-state index >= 15 is 0 Å². The lowest BCUT2D eigenvalue weighted by Gasteiger charge is -2.26. The number of aromatic amines is 1. The van der Waals surface area contributed by atoms with Gasteiger partial charge in [-0.25, -0.2) is 0 Å². The minimum absolute atomic E-state index is 0.115. The van der Waals surface area contributed by atoms with Crippen LogP contribution in [0.4, 0.5) is 0 Å². The second kappa shape index (κ2) is 6.15. The zero-order valence-corrected chi connectivity index (χ0v) is 13.4. The molecule has 6 heteroatoms. The maximum absolute atomic E-state index is 12.3. The van der Waals surface area contributed by atoms with Crippen LogP contribution < -0.4 is 0 Å². The summed E-state index contributed by atoms with van der Waals surface area (Å²) in [4.78, 5) is 16.1. The quantitative estimate of drug-likeness (QED) is 0.829. The summed E-state index contributed by atoms with van der Waals surface area (Å²) in [5, 5.41) is 17.6. The third kappa shape index (κ3) is 3.83. The van der Waals surface area contributed by atoms with E-state index in [1.54, 1.807) is 4.90 Å². The highest BCUT2D eigenvalue weighted by atomic mass is 16.3. The van der Waals surface area contributed by atoms with Gasteiger partial charge in [-0.1, -0.05) is 0 Å². The summed E-state index contributed by atoms with van der Waals surface area (Å²) in [5.74, 6) is 0.115. The number of hydrogen-bond acceptors (Lipinski definition) is 4. The molecule has 0 spiro atoms. The summed E-state index contributed by atoms with van der Waals surface area (Å²) < 4.78 is 0. The van der Waals surface area contributed by atoms with E-state index in [-0.39, 0.29) is 5.91 Å². The first-order valence-electron chi connectivity index (χ1n) is 7.46. The van der Waals surface area contributed by atoms with Crippen LogP contribution in [0.2, 0.25) is 0 Å². The van der Waals surface area contributed by atoms with Crippen molar-refractivity contribution in [3.8, 4) is 0 Å². The minimum atomic E-state index is -0.763. The maximum atomic E-state index is 12.3. The number of likely N-dealkylation sites (N-methyl/N-ethyl adjacent to an activating group) is 1. The predicted molar refractivity (Wildman–Crippen MR) is 81.1 cm³/mol. The van der Waals surface area contributed by atoms with Gasteiger partial charge in [-0.05, 0) is 46.3 Å². The number of likely N-dealkylation sites (tertiary alicyclic amines) is 1. The number of amides is 1. The molecule has 1 atom stereocenters. The van der Waals surface area contributed by atoms with Gasteiger partial charge in [0.05, 0.1) is 17.8 Å². The Morgan fingerprint density at radius 2 is 2.19 bits per heavy atom. The molecular formula is C15H26N4O2. The number of aromatic nitrogens is 2. The molecule has 2 heterocycles. The van der Waals surface area contributed by atoms with Gasteiger partial charge in [0.25, 0.3) is 0 Å². The number of nitrogens with one attached hydrogen (secondary N) is 1. The molecule has 21 heavy (non-hydrogen) atoms. The Hall–Kier alpha value is -1.40. The van der Waals surface area contributed by atoms with Gasteiger partial charge in [-0.15, -0.1) is 0 Å². The highest BCUT2D eigenvalue weighted by molar-refractivity contribution is 5.77. The van der Waals surface area contributed by atoms with E-state index in [1.807, 2.05) is 32.8 Å². The summed E-state index contributed by atoms with van der Waals surface area (Å²) in [6, 6.07) is 0. The lowest BCUT2D eigenvalue weighted by Crippen LogP contribution is -2.43. The number of carbonyl (C=O) groups excluding carboxylic acids is 1. The zero-order valence-electron chi connectivity index (χ0n) is 13.4. The summed E-state index contributed by atoms with van der Waals surface area (Å²) in [5.41, 5.74) is 2.36. The van der Waals surface area contributed by atoms with Crippen molar-refractivity contribution in [2.75, 3.05) is 33.7 Å². The largest absolute Gasteiger partial charge is 0.387 e. The minimum Gasteiger partial charge on any atom is -0.387 e. The topological polar surface area (TPSA) is 72.5 Å². The molecule has 1 aliphatic heterocycles. The van der Waals surface area contributed by atoms with Gasteiger partial charge in [-0.3, -0.25) is 9.89 Å². The molecule has 1 fully saturated rings. The second-order valence-corrected chi connectivity index (χ2v) is 6.44. The highest BCUT2D eigenvalue weighted by Gasteiger charge is 2.38. The van der Waals surface area contributed by atoms with Gasteiger partial charge >= 0.3 is 0 Å².